The molecule has 3 nitrogen and oxygen atoms in total. The van der Waals surface area contributed by atoms with Gasteiger partial charge in [-0.05, 0) is 43.4 Å². The normalized spacial score (nSPS) is 17.7. The molecule has 0 N–H and O–H groups in total. The summed E-state index contributed by atoms with van der Waals surface area (Å²) < 4.78 is 5.46. The molecule has 0 heterocycles. The monoisotopic (exact) mass is 323 g/mol. The van der Waals surface area contributed by atoms with E-state index in [4.69, 9.17) is 4.74 Å². The molecule has 0 aliphatic heterocycles. The van der Waals surface area contributed by atoms with Crippen LogP contribution in [0.15, 0.2) is 48.5 Å². The predicted octanol–water partition coefficient (Wildman–Crippen LogP) is 4.33. The summed E-state index contributed by atoms with van der Waals surface area (Å²) in [5.74, 6) is 0.992. The fraction of sp³-hybridized carbons (Fsp3) is 0.381. The third-order valence-corrected chi connectivity index (χ3v) is 5.19. The number of fused-ring (bicyclic) bond motifs is 1. The number of carbonyl (C=O) groups is 1. The molecule has 2 unspecified atom stereocenters. The first-order valence-electron chi connectivity index (χ1n) is 8.61. The molecule has 1 amide bonds. The van der Waals surface area contributed by atoms with Gasteiger partial charge in [0.15, 0.2) is 0 Å². The zero-order chi connectivity index (χ0) is 17.1. The van der Waals surface area contributed by atoms with Crippen molar-refractivity contribution in [3.8, 4) is 5.75 Å². The lowest BCUT2D eigenvalue weighted by Gasteiger charge is -2.32. The summed E-state index contributed by atoms with van der Waals surface area (Å²) in [6, 6.07) is 16.2. The lowest BCUT2D eigenvalue weighted by Crippen LogP contribution is -2.35. The van der Waals surface area contributed by atoms with E-state index in [0.29, 0.717) is 0 Å². The molecule has 2 atom stereocenters. The summed E-state index contributed by atoms with van der Waals surface area (Å²) in [5.41, 5.74) is 3.56. The van der Waals surface area contributed by atoms with Crippen LogP contribution in [0.1, 0.15) is 48.4 Å². The van der Waals surface area contributed by atoms with Crippen LogP contribution in [0.5, 0.6) is 5.75 Å². The molecule has 0 fully saturated rings. The fourth-order valence-corrected chi connectivity index (χ4v) is 3.67. The van der Waals surface area contributed by atoms with E-state index in [1.807, 2.05) is 42.3 Å². The maximum absolute atomic E-state index is 13.2. The van der Waals surface area contributed by atoms with Crippen LogP contribution < -0.4 is 4.74 Å². The Morgan fingerprint density at radius 3 is 2.67 bits per heavy atom. The summed E-state index contributed by atoms with van der Waals surface area (Å²) in [7, 11) is 3.57. The van der Waals surface area contributed by atoms with E-state index < -0.39 is 0 Å². The van der Waals surface area contributed by atoms with E-state index in [1.54, 1.807) is 7.11 Å². The molecule has 0 radical (unpaired) electrons. The van der Waals surface area contributed by atoms with Crippen molar-refractivity contribution in [1.29, 1.82) is 0 Å². The third kappa shape index (κ3) is 3.03. The lowest BCUT2D eigenvalue weighted by molar-refractivity contribution is -0.133. The third-order valence-electron chi connectivity index (χ3n) is 5.19. The van der Waals surface area contributed by atoms with Crippen LogP contribution in [-0.4, -0.2) is 25.0 Å². The van der Waals surface area contributed by atoms with Crippen molar-refractivity contribution in [1.82, 2.24) is 4.90 Å². The van der Waals surface area contributed by atoms with Gasteiger partial charge in [0.1, 0.15) is 5.75 Å². The van der Waals surface area contributed by atoms with Crippen molar-refractivity contribution < 1.29 is 9.53 Å². The van der Waals surface area contributed by atoms with Gasteiger partial charge in [0.05, 0.1) is 19.1 Å². The van der Waals surface area contributed by atoms with Gasteiger partial charge < -0.3 is 9.64 Å². The minimum Gasteiger partial charge on any atom is -0.496 e. The van der Waals surface area contributed by atoms with Crippen molar-refractivity contribution in [3.63, 3.8) is 0 Å². The van der Waals surface area contributed by atoms with Crippen LogP contribution in [0.3, 0.4) is 0 Å². The SMILES string of the molecule is COc1ccccc1C(C)N(C)C(=O)C1CCCc2ccccc21. The molecule has 0 spiro atoms. The van der Waals surface area contributed by atoms with Gasteiger partial charge in [0.2, 0.25) is 5.91 Å². The number of nitrogens with zero attached hydrogens (tertiary/aromatic N) is 1. The zero-order valence-electron chi connectivity index (χ0n) is 14.7. The molecule has 126 valence electrons. The van der Waals surface area contributed by atoms with Crippen LogP contribution in [0, 0.1) is 0 Å². The number of carbonyl (C=O) groups excluding carboxylic acids is 1. The van der Waals surface area contributed by atoms with Gasteiger partial charge in [0, 0.05) is 12.6 Å². The second kappa shape index (κ2) is 7.08. The Morgan fingerprint density at radius 2 is 1.88 bits per heavy atom. The van der Waals surface area contributed by atoms with Crippen molar-refractivity contribution in [2.24, 2.45) is 0 Å². The van der Waals surface area contributed by atoms with Crippen molar-refractivity contribution >= 4 is 5.91 Å². The first-order valence-corrected chi connectivity index (χ1v) is 8.61. The molecule has 0 bridgehead atoms. The van der Waals surface area contributed by atoms with Crippen LogP contribution in [-0.2, 0) is 11.2 Å². The minimum atomic E-state index is -0.0305. The second-order valence-corrected chi connectivity index (χ2v) is 6.51. The number of rotatable bonds is 4. The van der Waals surface area contributed by atoms with E-state index >= 15 is 0 Å². The molecule has 3 heteroatoms. The molecule has 2 aromatic rings. The van der Waals surface area contributed by atoms with E-state index in [2.05, 4.69) is 25.1 Å². The highest BCUT2D eigenvalue weighted by Gasteiger charge is 2.31. The highest BCUT2D eigenvalue weighted by Crippen LogP contribution is 2.35. The molecule has 24 heavy (non-hydrogen) atoms. The number of hydrogen-bond acceptors (Lipinski definition) is 2. The number of aryl methyl sites for hydroxylation is 1. The number of para-hydroxylation sites is 1. The van der Waals surface area contributed by atoms with E-state index in [1.165, 1.54) is 11.1 Å². The van der Waals surface area contributed by atoms with Gasteiger partial charge >= 0.3 is 0 Å². The first kappa shape index (κ1) is 16.6. The molecule has 0 saturated carbocycles. The molecular weight excluding hydrogens is 298 g/mol. The van der Waals surface area contributed by atoms with E-state index in [-0.39, 0.29) is 17.9 Å². The number of likely N-dealkylation sites (N-methyl/N-ethyl adjacent to an activating group) is 1. The Morgan fingerprint density at radius 1 is 1.17 bits per heavy atom. The summed E-state index contributed by atoms with van der Waals surface area (Å²) in [4.78, 5) is 15.0. The second-order valence-electron chi connectivity index (χ2n) is 6.51. The fourth-order valence-electron chi connectivity index (χ4n) is 3.67. The maximum atomic E-state index is 13.2. The van der Waals surface area contributed by atoms with Crippen molar-refractivity contribution in [2.45, 2.75) is 38.1 Å². The van der Waals surface area contributed by atoms with Gasteiger partial charge in [-0.25, -0.2) is 0 Å². The average molecular weight is 323 g/mol. The highest BCUT2D eigenvalue weighted by atomic mass is 16.5. The number of benzene rings is 2. The first-order chi connectivity index (χ1) is 11.6. The highest BCUT2D eigenvalue weighted by molar-refractivity contribution is 5.84. The Bertz CT molecular complexity index is 725. The van der Waals surface area contributed by atoms with Gasteiger partial charge in [0.25, 0.3) is 0 Å². The number of methoxy groups -OCH3 is 1. The quantitative estimate of drug-likeness (QED) is 0.838. The Kier molecular flexibility index (Phi) is 4.89. The number of ether oxygens (including phenoxy) is 1. The topological polar surface area (TPSA) is 29.5 Å². The Labute approximate surface area is 144 Å². The van der Waals surface area contributed by atoms with Crippen LogP contribution in [0.2, 0.25) is 0 Å². The summed E-state index contributed by atoms with van der Waals surface area (Å²) in [5, 5.41) is 0. The molecule has 0 aromatic heterocycles. The largest absolute Gasteiger partial charge is 0.496 e. The average Bonchev–Trinajstić information content (AvgIpc) is 2.65. The van der Waals surface area contributed by atoms with Crippen LogP contribution in [0.4, 0.5) is 0 Å². The van der Waals surface area contributed by atoms with Crippen LogP contribution in [0.25, 0.3) is 0 Å². The van der Waals surface area contributed by atoms with Gasteiger partial charge in [-0.2, -0.15) is 0 Å². The summed E-state index contributed by atoms with van der Waals surface area (Å²) in [6.07, 6.45) is 3.08. The van der Waals surface area contributed by atoms with Crippen molar-refractivity contribution in [2.75, 3.05) is 14.2 Å². The summed E-state index contributed by atoms with van der Waals surface area (Å²) >= 11 is 0. The summed E-state index contributed by atoms with van der Waals surface area (Å²) in [6.45, 7) is 2.06. The smallest absolute Gasteiger partial charge is 0.230 e. The zero-order valence-corrected chi connectivity index (χ0v) is 14.7. The Hall–Kier alpha value is -2.29. The van der Waals surface area contributed by atoms with E-state index in [9.17, 15) is 4.79 Å². The minimum absolute atomic E-state index is 0.0252. The van der Waals surface area contributed by atoms with Gasteiger partial charge in [-0.15, -0.1) is 0 Å². The maximum Gasteiger partial charge on any atom is 0.230 e. The van der Waals surface area contributed by atoms with E-state index in [0.717, 1.165) is 30.6 Å². The molecule has 0 saturated heterocycles. The number of amides is 1. The molecule has 3 rings (SSSR count). The molecular formula is C21H25NO2. The standard InChI is InChI=1S/C21H25NO2/c1-15(17-11-6-7-14-20(17)24-3)22(2)21(23)19-13-8-10-16-9-4-5-12-18(16)19/h4-7,9,11-12,14-15,19H,8,10,13H2,1-3H3. The predicted molar refractivity (Wildman–Crippen MR) is 96.3 cm³/mol. The molecule has 2 aromatic carbocycles. The Balaban J connectivity index is 1.85. The molecule has 1 aliphatic rings. The van der Waals surface area contributed by atoms with Crippen LogP contribution >= 0.6 is 0 Å². The van der Waals surface area contributed by atoms with Gasteiger partial charge in [-0.3, -0.25) is 4.79 Å². The van der Waals surface area contributed by atoms with Crippen molar-refractivity contribution in [3.05, 3.63) is 65.2 Å². The van der Waals surface area contributed by atoms with Gasteiger partial charge in [-0.1, -0.05) is 42.5 Å². The number of hydrogen-bond donors (Lipinski definition) is 0. The lowest BCUT2D eigenvalue weighted by atomic mass is 9.82. The molecule has 1 aliphatic carbocycles.